The van der Waals surface area contributed by atoms with Crippen molar-refractivity contribution in [2.75, 3.05) is 19.8 Å². The lowest BCUT2D eigenvalue weighted by Crippen LogP contribution is -2.42. The molecule has 0 spiro atoms. The number of aromatic nitrogens is 2. The van der Waals surface area contributed by atoms with Crippen molar-refractivity contribution in [1.29, 1.82) is 0 Å². The maximum atomic E-state index is 11.3. The minimum atomic E-state index is -0.786. The molecule has 3 rings (SSSR count). The second-order valence-electron chi connectivity index (χ2n) is 5.31. The Morgan fingerprint density at radius 1 is 1.52 bits per heavy atom. The van der Waals surface area contributed by atoms with E-state index in [0.29, 0.717) is 19.8 Å². The number of carboxylic acids is 1. The van der Waals surface area contributed by atoms with Crippen molar-refractivity contribution in [3.05, 3.63) is 36.3 Å². The van der Waals surface area contributed by atoms with Crippen LogP contribution < -0.4 is 0 Å². The first kappa shape index (κ1) is 14.0. The fourth-order valence-electron chi connectivity index (χ4n) is 2.87. The first-order valence-corrected chi connectivity index (χ1v) is 7.16. The third-order valence-electron chi connectivity index (χ3n) is 4.02. The third-order valence-corrected chi connectivity index (χ3v) is 4.02. The SMILES string of the molecule is CCN(Cc1cn2ccccc2n1)C1COCC1C(=O)O. The molecule has 21 heavy (non-hydrogen) atoms. The number of imidazole rings is 1. The van der Waals surface area contributed by atoms with Crippen LogP contribution in [-0.2, 0) is 16.1 Å². The minimum absolute atomic E-state index is 0.0858. The fraction of sp³-hybridized carbons (Fsp3) is 0.467. The smallest absolute Gasteiger partial charge is 0.310 e. The predicted molar refractivity (Wildman–Crippen MR) is 77.0 cm³/mol. The highest BCUT2D eigenvalue weighted by molar-refractivity contribution is 5.71. The van der Waals surface area contributed by atoms with Gasteiger partial charge in [-0.3, -0.25) is 9.69 Å². The van der Waals surface area contributed by atoms with Gasteiger partial charge in [0.05, 0.1) is 24.8 Å². The Hall–Kier alpha value is -1.92. The first-order valence-electron chi connectivity index (χ1n) is 7.16. The van der Waals surface area contributed by atoms with Gasteiger partial charge in [0.1, 0.15) is 5.65 Å². The molecule has 0 amide bonds. The van der Waals surface area contributed by atoms with Gasteiger partial charge in [-0.05, 0) is 18.7 Å². The summed E-state index contributed by atoms with van der Waals surface area (Å²) in [4.78, 5) is 18.0. The van der Waals surface area contributed by atoms with Crippen molar-refractivity contribution >= 4 is 11.6 Å². The summed E-state index contributed by atoms with van der Waals surface area (Å²) < 4.78 is 7.34. The summed E-state index contributed by atoms with van der Waals surface area (Å²) >= 11 is 0. The number of carbonyl (C=O) groups is 1. The molecule has 1 fully saturated rings. The minimum Gasteiger partial charge on any atom is -0.481 e. The Morgan fingerprint density at radius 2 is 2.38 bits per heavy atom. The Kier molecular flexibility index (Phi) is 3.90. The maximum Gasteiger partial charge on any atom is 0.310 e. The molecule has 1 N–H and O–H groups in total. The maximum absolute atomic E-state index is 11.3. The molecular weight excluding hydrogens is 270 g/mol. The average Bonchev–Trinajstić information content (AvgIpc) is 3.10. The molecule has 0 aliphatic carbocycles. The summed E-state index contributed by atoms with van der Waals surface area (Å²) in [5.41, 5.74) is 1.85. The van der Waals surface area contributed by atoms with E-state index in [1.54, 1.807) is 0 Å². The molecule has 1 aliphatic heterocycles. The number of rotatable bonds is 5. The lowest BCUT2D eigenvalue weighted by Gasteiger charge is -2.28. The normalized spacial score (nSPS) is 22.2. The zero-order valence-corrected chi connectivity index (χ0v) is 12.0. The van der Waals surface area contributed by atoms with Crippen LogP contribution in [-0.4, -0.2) is 51.2 Å². The van der Waals surface area contributed by atoms with Gasteiger partial charge in [-0.15, -0.1) is 0 Å². The highest BCUT2D eigenvalue weighted by Gasteiger charge is 2.37. The van der Waals surface area contributed by atoms with Gasteiger partial charge in [0.25, 0.3) is 0 Å². The van der Waals surface area contributed by atoms with E-state index in [0.717, 1.165) is 17.9 Å². The number of hydrogen-bond donors (Lipinski definition) is 1. The summed E-state index contributed by atoms with van der Waals surface area (Å²) in [6.07, 6.45) is 3.95. The highest BCUT2D eigenvalue weighted by atomic mass is 16.5. The van der Waals surface area contributed by atoms with Crippen LogP contribution in [0.25, 0.3) is 5.65 Å². The third kappa shape index (κ3) is 2.77. The van der Waals surface area contributed by atoms with Crippen LogP contribution in [0.3, 0.4) is 0 Å². The number of ether oxygens (including phenoxy) is 1. The van der Waals surface area contributed by atoms with Crippen molar-refractivity contribution < 1.29 is 14.6 Å². The first-order chi connectivity index (χ1) is 10.2. The average molecular weight is 289 g/mol. The monoisotopic (exact) mass is 289 g/mol. The molecule has 6 heteroatoms. The molecule has 2 unspecified atom stereocenters. The number of likely N-dealkylation sites (N-methyl/N-ethyl adjacent to an activating group) is 1. The van der Waals surface area contributed by atoms with E-state index in [1.165, 1.54) is 0 Å². The van der Waals surface area contributed by atoms with Crippen LogP contribution in [0, 0.1) is 5.92 Å². The topological polar surface area (TPSA) is 67.1 Å². The standard InChI is InChI=1S/C15H19N3O3/c1-2-17(13-10-21-9-12(13)15(19)20)7-11-8-18-6-4-3-5-14(18)16-11/h3-6,8,12-13H,2,7,9-10H2,1H3,(H,19,20). The van der Waals surface area contributed by atoms with Crippen molar-refractivity contribution in [2.45, 2.75) is 19.5 Å². The molecule has 2 atom stereocenters. The Morgan fingerprint density at radius 3 is 3.10 bits per heavy atom. The summed E-state index contributed by atoms with van der Waals surface area (Å²) in [5.74, 6) is -1.24. The molecule has 1 aliphatic rings. The zero-order valence-electron chi connectivity index (χ0n) is 12.0. The molecule has 0 bridgehead atoms. The van der Waals surface area contributed by atoms with Crippen LogP contribution in [0.15, 0.2) is 30.6 Å². The quantitative estimate of drug-likeness (QED) is 0.897. The van der Waals surface area contributed by atoms with Crippen LogP contribution in [0.4, 0.5) is 0 Å². The van der Waals surface area contributed by atoms with Gasteiger partial charge in [0.15, 0.2) is 0 Å². The molecule has 2 aromatic heterocycles. The summed E-state index contributed by atoms with van der Waals surface area (Å²) in [5, 5.41) is 9.28. The molecule has 1 saturated heterocycles. The summed E-state index contributed by atoms with van der Waals surface area (Å²) in [7, 11) is 0. The van der Waals surface area contributed by atoms with Gasteiger partial charge in [-0.1, -0.05) is 13.0 Å². The van der Waals surface area contributed by atoms with Crippen LogP contribution in [0.1, 0.15) is 12.6 Å². The van der Waals surface area contributed by atoms with Gasteiger partial charge in [-0.25, -0.2) is 4.98 Å². The van der Waals surface area contributed by atoms with Crippen LogP contribution in [0.5, 0.6) is 0 Å². The van der Waals surface area contributed by atoms with Crippen LogP contribution >= 0.6 is 0 Å². The summed E-state index contributed by atoms with van der Waals surface area (Å²) in [6.45, 7) is 4.20. The number of hydrogen-bond acceptors (Lipinski definition) is 4. The lowest BCUT2D eigenvalue weighted by molar-refractivity contribution is -0.143. The van der Waals surface area contributed by atoms with E-state index >= 15 is 0 Å². The van der Waals surface area contributed by atoms with Crippen LogP contribution in [0.2, 0.25) is 0 Å². The van der Waals surface area contributed by atoms with Crippen molar-refractivity contribution in [1.82, 2.24) is 14.3 Å². The molecule has 2 aromatic rings. The van der Waals surface area contributed by atoms with Crippen molar-refractivity contribution in [3.8, 4) is 0 Å². The number of fused-ring (bicyclic) bond motifs is 1. The van der Waals surface area contributed by atoms with Gasteiger partial charge >= 0.3 is 5.97 Å². The number of pyridine rings is 1. The molecule has 0 saturated carbocycles. The highest BCUT2D eigenvalue weighted by Crippen LogP contribution is 2.21. The number of carboxylic acid groups (broad SMARTS) is 1. The van der Waals surface area contributed by atoms with Gasteiger partial charge in [0.2, 0.25) is 0 Å². The van der Waals surface area contributed by atoms with Crippen molar-refractivity contribution in [3.63, 3.8) is 0 Å². The molecule has 112 valence electrons. The fourth-order valence-corrected chi connectivity index (χ4v) is 2.87. The Labute approximate surface area is 123 Å². The van der Waals surface area contributed by atoms with Gasteiger partial charge < -0.3 is 14.2 Å². The predicted octanol–water partition coefficient (Wildman–Crippen LogP) is 1.26. The lowest BCUT2D eigenvalue weighted by atomic mass is 10.0. The number of aliphatic carboxylic acids is 1. The van der Waals surface area contributed by atoms with E-state index in [-0.39, 0.29) is 6.04 Å². The molecule has 6 nitrogen and oxygen atoms in total. The second kappa shape index (κ2) is 5.83. The van der Waals surface area contributed by atoms with E-state index in [9.17, 15) is 9.90 Å². The summed E-state index contributed by atoms with van der Waals surface area (Å²) in [6, 6.07) is 5.78. The molecule has 0 radical (unpaired) electrons. The van der Waals surface area contributed by atoms with E-state index in [2.05, 4.69) is 9.88 Å². The van der Waals surface area contributed by atoms with Crippen molar-refractivity contribution in [2.24, 2.45) is 5.92 Å². The molecular formula is C15H19N3O3. The Balaban J connectivity index is 1.79. The van der Waals surface area contributed by atoms with E-state index in [1.807, 2.05) is 41.9 Å². The Bertz CT molecular complexity index is 607. The molecule has 3 heterocycles. The second-order valence-corrected chi connectivity index (χ2v) is 5.31. The van der Waals surface area contributed by atoms with Gasteiger partial charge in [0, 0.05) is 25.0 Å². The molecule has 0 aromatic carbocycles. The van der Waals surface area contributed by atoms with E-state index in [4.69, 9.17) is 4.74 Å². The van der Waals surface area contributed by atoms with E-state index < -0.39 is 11.9 Å². The largest absolute Gasteiger partial charge is 0.481 e. The number of nitrogens with zero attached hydrogens (tertiary/aromatic N) is 3. The zero-order chi connectivity index (χ0) is 14.8. The van der Waals surface area contributed by atoms with Gasteiger partial charge in [-0.2, -0.15) is 0 Å².